The van der Waals surface area contributed by atoms with E-state index in [0.717, 1.165) is 19.6 Å². The summed E-state index contributed by atoms with van der Waals surface area (Å²) < 4.78 is 0. The lowest BCUT2D eigenvalue weighted by molar-refractivity contribution is -0.122. The van der Waals surface area contributed by atoms with Crippen molar-refractivity contribution in [2.45, 2.75) is 32.9 Å². The number of rotatable bonds is 4. The van der Waals surface area contributed by atoms with Crippen LogP contribution in [0.15, 0.2) is 0 Å². The van der Waals surface area contributed by atoms with E-state index in [1.165, 1.54) is 0 Å². The van der Waals surface area contributed by atoms with Gasteiger partial charge < -0.3 is 20.4 Å². The molecule has 2 fully saturated rings. The lowest BCUT2D eigenvalue weighted by Crippen LogP contribution is -2.50. The Morgan fingerprint density at radius 2 is 2.21 bits per heavy atom. The van der Waals surface area contributed by atoms with E-state index in [0.29, 0.717) is 12.5 Å². The lowest BCUT2D eigenvalue weighted by atomic mass is 10.1. The van der Waals surface area contributed by atoms with E-state index >= 15 is 0 Å². The van der Waals surface area contributed by atoms with Crippen LogP contribution in [0.1, 0.15) is 20.8 Å². The lowest BCUT2D eigenvalue weighted by Gasteiger charge is -2.28. The van der Waals surface area contributed by atoms with Crippen LogP contribution in [0.2, 0.25) is 0 Å². The maximum atomic E-state index is 12.1. The third kappa shape index (κ3) is 3.18. The van der Waals surface area contributed by atoms with Crippen molar-refractivity contribution in [1.29, 1.82) is 0 Å². The summed E-state index contributed by atoms with van der Waals surface area (Å²) >= 11 is 0. The molecule has 0 saturated carbocycles. The second-order valence-electron chi connectivity index (χ2n) is 5.81. The number of carbonyl (C=O) groups is 2. The fourth-order valence-corrected chi connectivity index (χ4v) is 2.46. The molecule has 0 aliphatic carbocycles. The Labute approximate surface area is 114 Å². The van der Waals surface area contributed by atoms with E-state index in [2.05, 4.69) is 24.5 Å². The van der Waals surface area contributed by atoms with Crippen LogP contribution in [0.4, 0.5) is 4.79 Å². The number of piperazine rings is 1. The van der Waals surface area contributed by atoms with E-state index in [-0.39, 0.29) is 30.6 Å². The van der Waals surface area contributed by atoms with Crippen molar-refractivity contribution in [3.05, 3.63) is 0 Å². The van der Waals surface area contributed by atoms with Gasteiger partial charge in [0.05, 0.1) is 6.04 Å². The molecule has 0 aromatic heterocycles. The van der Waals surface area contributed by atoms with Gasteiger partial charge in [-0.05, 0) is 12.8 Å². The Bertz CT molecular complexity index is 359. The molecule has 2 saturated heterocycles. The largest absolute Gasteiger partial charge is 0.352 e. The number of nitrogens with one attached hydrogen (secondary N) is 2. The molecule has 2 unspecified atom stereocenters. The van der Waals surface area contributed by atoms with Crippen molar-refractivity contribution in [3.63, 3.8) is 0 Å². The van der Waals surface area contributed by atoms with Crippen LogP contribution in [0.5, 0.6) is 0 Å². The zero-order chi connectivity index (χ0) is 14.0. The summed E-state index contributed by atoms with van der Waals surface area (Å²) in [5, 5.41) is 6.22. The first-order valence-electron chi connectivity index (χ1n) is 7.04. The van der Waals surface area contributed by atoms with Crippen LogP contribution in [0.25, 0.3) is 0 Å². The van der Waals surface area contributed by atoms with Crippen LogP contribution in [0, 0.1) is 5.92 Å². The topological polar surface area (TPSA) is 64.7 Å². The van der Waals surface area contributed by atoms with E-state index in [4.69, 9.17) is 0 Å². The van der Waals surface area contributed by atoms with Crippen molar-refractivity contribution in [3.8, 4) is 0 Å². The van der Waals surface area contributed by atoms with Gasteiger partial charge in [0.2, 0.25) is 5.91 Å². The summed E-state index contributed by atoms with van der Waals surface area (Å²) in [6.07, 6.45) is 0. The van der Waals surface area contributed by atoms with Crippen molar-refractivity contribution >= 4 is 11.9 Å². The Morgan fingerprint density at radius 1 is 1.47 bits per heavy atom. The molecule has 0 aromatic carbocycles. The molecule has 108 valence electrons. The third-order valence-electron chi connectivity index (χ3n) is 4.02. The molecule has 0 bridgehead atoms. The molecule has 6 heteroatoms. The van der Waals surface area contributed by atoms with Gasteiger partial charge in [0.25, 0.3) is 0 Å². The first kappa shape index (κ1) is 14.1. The highest BCUT2D eigenvalue weighted by atomic mass is 16.2. The molecular weight excluding hydrogens is 244 g/mol. The molecule has 2 aliphatic heterocycles. The molecule has 2 atom stereocenters. The second kappa shape index (κ2) is 5.77. The van der Waals surface area contributed by atoms with Gasteiger partial charge in [0, 0.05) is 32.2 Å². The van der Waals surface area contributed by atoms with Crippen molar-refractivity contribution in [1.82, 2.24) is 20.4 Å². The third-order valence-corrected chi connectivity index (χ3v) is 4.02. The zero-order valence-electron chi connectivity index (χ0n) is 12.0. The molecule has 2 N–H and O–H groups in total. The molecule has 2 heterocycles. The Hall–Kier alpha value is -1.30. The van der Waals surface area contributed by atoms with Crippen LogP contribution in [-0.4, -0.2) is 66.5 Å². The summed E-state index contributed by atoms with van der Waals surface area (Å²) in [6.45, 7) is 9.35. The van der Waals surface area contributed by atoms with Gasteiger partial charge in [0.15, 0.2) is 0 Å². The van der Waals surface area contributed by atoms with Gasteiger partial charge in [-0.15, -0.1) is 0 Å². The number of fused-ring (bicyclic) bond motifs is 1. The van der Waals surface area contributed by atoms with Crippen LogP contribution in [-0.2, 0) is 4.79 Å². The van der Waals surface area contributed by atoms with Gasteiger partial charge in [-0.25, -0.2) is 4.79 Å². The highest BCUT2D eigenvalue weighted by Crippen LogP contribution is 2.16. The summed E-state index contributed by atoms with van der Waals surface area (Å²) in [7, 11) is 0. The van der Waals surface area contributed by atoms with Crippen LogP contribution < -0.4 is 10.6 Å². The average Bonchev–Trinajstić information content (AvgIpc) is 2.66. The average molecular weight is 268 g/mol. The highest BCUT2D eigenvalue weighted by molar-refractivity contribution is 5.85. The minimum Gasteiger partial charge on any atom is -0.352 e. The van der Waals surface area contributed by atoms with Gasteiger partial charge in [-0.3, -0.25) is 4.79 Å². The quantitative estimate of drug-likeness (QED) is 0.746. The summed E-state index contributed by atoms with van der Waals surface area (Å²) in [5.41, 5.74) is 0. The monoisotopic (exact) mass is 268 g/mol. The van der Waals surface area contributed by atoms with Crippen molar-refractivity contribution in [2.75, 3.05) is 32.7 Å². The molecule has 6 nitrogen and oxygen atoms in total. The summed E-state index contributed by atoms with van der Waals surface area (Å²) in [4.78, 5) is 27.6. The van der Waals surface area contributed by atoms with E-state index in [1.54, 1.807) is 4.90 Å². The van der Waals surface area contributed by atoms with Gasteiger partial charge in [-0.2, -0.15) is 0 Å². The van der Waals surface area contributed by atoms with Crippen LogP contribution >= 0.6 is 0 Å². The number of amides is 3. The molecule has 0 spiro atoms. The predicted molar refractivity (Wildman–Crippen MR) is 72.8 cm³/mol. The molecule has 2 aliphatic rings. The Balaban J connectivity index is 1.86. The van der Waals surface area contributed by atoms with Crippen molar-refractivity contribution in [2.24, 2.45) is 5.92 Å². The number of hydrogen-bond acceptors (Lipinski definition) is 3. The predicted octanol–water partition coefficient (Wildman–Crippen LogP) is -0.143. The van der Waals surface area contributed by atoms with Gasteiger partial charge in [-0.1, -0.05) is 13.8 Å². The molecular formula is C13H24N4O2. The highest BCUT2D eigenvalue weighted by Gasteiger charge is 2.39. The molecule has 0 aromatic rings. The van der Waals surface area contributed by atoms with E-state index < -0.39 is 0 Å². The van der Waals surface area contributed by atoms with Gasteiger partial charge in [0.1, 0.15) is 6.54 Å². The summed E-state index contributed by atoms with van der Waals surface area (Å²) in [5.74, 6) is 0.330. The molecule has 2 rings (SSSR count). The van der Waals surface area contributed by atoms with E-state index in [9.17, 15) is 9.59 Å². The second-order valence-corrected chi connectivity index (χ2v) is 5.81. The maximum Gasteiger partial charge on any atom is 0.320 e. The molecule has 19 heavy (non-hydrogen) atoms. The first-order chi connectivity index (χ1) is 8.99. The summed E-state index contributed by atoms with van der Waals surface area (Å²) in [6, 6.07) is 0.352. The van der Waals surface area contributed by atoms with Gasteiger partial charge >= 0.3 is 6.03 Å². The minimum atomic E-state index is -0.0673. The SMILES string of the molecule is CC(C)C(C)NC(=O)CN1CC2CNCCN2C1=O. The zero-order valence-corrected chi connectivity index (χ0v) is 12.0. The number of hydrogen-bond donors (Lipinski definition) is 2. The number of carbonyl (C=O) groups excluding carboxylic acids is 2. The molecule has 3 amide bonds. The Kier molecular flexibility index (Phi) is 4.29. The normalized spacial score (nSPS) is 24.6. The minimum absolute atomic E-state index is 0.00106. The number of nitrogens with zero attached hydrogens (tertiary/aromatic N) is 2. The Morgan fingerprint density at radius 3 is 2.84 bits per heavy atom. The fourth-order valence-electron chi connectivity index (χ4n) is 2.46. The smallest absolute Gasteiger partial charge is 0.320 e. The van der Waals surface area contributed by atoms with Crippen molar-refractivity contribution < 1.29 is 9.59 Å². The van der Waals surface area contributed by atoms with E-state index in [1.807, 2.05) is 11.8 Å². The first-order valence-corrected chi connectivity index (χ1v) is 7.04. The fraction of sp³-hybridized carbons (Fsp3) is 0.846. The van der Waals surface area contributed by atoms with Crippen LogP contribution in [0.3, 0.4) is 0 Å². The molecule has 0 radical (unpaired) electrons. The maximum absolute atomic E-state index is 12.1. The number of urea groups is 1. The standard InChI is InChI=1S/C13H24N4O2/c1-9(2)10(3)15-12(18)8-16-7-11-6-14-4-5-17(11)13(16)19/h9-11,14H,4-8H2,1-3H3,(H,15,18).